The zero-order valence-electron chi connectivity index (χ0n) is 10.8. The van der Waals surface area contributed by atoms with Gasteiger partial charge < -0.3 is 5.73 Å². The molecule has 0 heterocycles. The predicted molar refractivity (Wildman–Crippen MR) is 69.2 cm³/mol. The molecule has 1 aliphatic rings. The average Bonchev–Trinajstić information content (AvgIpc) is 2.30. The van der Waals surface area contributed by atoms with Gasteiger partial charge in [0.05, 0.1) is 0 Å². The van der Waals surface area contributed by atoms with Gasteiger partial charge in [0, 0.05) is 12.1 Å². The van der Waals surface area contributed by atoms with Crippen molar-refractivity contribution in [3.63, 3.8) is 0 Å². The van der Waals surface area contributed by atoms with Crippen LogP contribution in [0.4, 0.5) is 8.78 Å². The monoisotopic (exact) mass is 253 g/mol. The van der Waals surface area contributed by atoms with Gasteiger partial charge >= 0.3 is 0 Å². The van der Waals surface area contributed by atoms with E-state index in [1.807, 2.05) is 0 Å². The van der Waals surface area contributed by atoms with E-state index in [1.165, 1.54) is 25.0 Å². The third kappa shape index (κ3) is 3.29. The Balaban J connectivity index is 2.06. The first-order valence-electron chi connectivity index (χ1n) is 6.79. The van der Waals surface area contributed by atoms with E-state index in [-0.39, 0.29) is 6.04 Å². The Hall–Kier alpha value is -0.960. The van der Waals surface area contributed by atoms with Gasteiger partial charge in [0.15, 0.2) is 0 Å². The summed E-state index contributed by atoms with van der Waals surface area (Å²) in [7, 11) is 0. The first-order valence-corrected chi connectivity index (χ1v) is 6.79. The van der Waals surface area contributed by atoms with Crippen molar-refractivity contribution in [3.05, 3.63) is 35.4 Å². The standard InChI is InChI=1S/C15H21F2N/c1-2-10-3-4-15(18)12(5-10)6-11-7-13(16)9-14(17)8-11/h7-10,12,15H,2-6,18H2,1H3. The van der Waals surface area contributed by atoms with Crippen molar-refractivity contribution in [3.8, 4) is 0 Å². The maximum absolute atomic E-state index is 13.2. The van der Waals surface area contributed by atoms with E-state index >= 15 is 0 Å². The Morgan fingerprint density at radius 1 is 1.17 bits per heavy atom. The molecule has 1 aliphatic carbocycles. The van der Waals surface area contributed by atoms with Crippen LogP contribution >= 0.6 is 0 Å². The first-order chi connectivity index (χ1) is 8.58. The molecule has 100 valence electrons. The highest BCUT2D eigenvalue weighted by molar-refractivity contribution is 5.19. The minimum Gasteiger partial charge on any atom is -0.327 e. The molecule has 3 unspecified atom stereocenters. The molecule has 0 radical (unpaired) electrons. The second-order valence-electron chi connectivity index (χ2n) is 5.49. The van der Waals surface area contributed by atoms with E-state index in [2.05, 4.69) is 6.92 Å². The Kier molecular flexibility index (Phi) is 4.33. The molecular formula is C15H21F2N. The zero-order chi connectivity index (χ0) is 13.1. The molecule has 1 fully saturated rings. The molecule has 2 rings (SSSR count). The molecular weight excluding hydrogens is 232 g/mol. The third-order valence-corrected chi connectivity index (χ3v) is 4.15. The van der Waals surface area contributed by atoms with Gasteiger partial charge in [-0.1, -0.05) is 13.3 Å². The minimum absolute atomic E-state index is 0.166. The lowest BCUT2D eigenvalue weighted by molar-refractivity contribution is 0.227. The quantitative estimate of drug-likeness (QED) is 0.874. The summed E-state index contributed by atoms with van der Waals surface area (Å²) in [4.78, 5) is 0. The van der Waals surface area contributed by atoms with Gasteiger partial charge in [-0.15, -0.1) is 0 Å². The summed E-state index contributed by atoms with van der Waals surface area (Å²) in [6.07, 6.45) is 5.15. The lowest BCUT2D eigenvalue weighted by Gasteiger charge is -2.34. The van der Waals surface area contributed by atoms with E-state index in [4.69, 9.17) is 5.73 Å². The maximum atomic E-state index is 13.2. The summed E-state index contributed by atoms with van der Waals surface area (Å²) in [6, 6.07) is 3.93. The lowest BCUT2D eigenvalue weighted by Crippen LogP contribution is -2.37. The van der Waals surface area contributed by atoms with E-state index in [1.54, 1.807) is 0 Å². The molecule has 0 aliphatic heterocycles. The number of hydrogen-bond acceptors (Lipinski definition) is 1. The molecule has 1 nitrogen and oxygen atoms in total. The Morgan fingerprint density at radius 3 is 2.44 bits per heavy atom. The summed E-state index contributed by atoms with van der Waals surface area (Å²) in [5.74, 6) is 0.0703. The fraction of sp³-hybridized carbons (Fsp3) is 0.600. The molecule has 18 heavy (non-hydrogen) atoms. The molecule has 0 saturated heterocycles. The van der Waals surface area contributed by atoms with Crippen molar-refractivity contribution in [2.75, 3.05) is 0 Å². The minimum atomic E-state index is -0.499. The number of halogens is 2. The second kappa shape index (κ2) is 5.79. The Morgan fingerprint density at radius 2 is 1.83 bits per heavy atom. The van der Waals surface area contributed by atoms with Crippen LogP contribution in [0.1, 0.15) is 38.2 Å². The highest BCUT2D eigenvalue weighted by atomic mass is 19.1. The normalized spacial score (nSPS) is 28.3. The number of hydrogen-bond donors (Lipinski definition) is 1. The van der Waals surface area contributed by atoms with Crippen LogP contribution in [0.2, 0.25) is 0 Å². The highest BCUT2D eigenvalue weighted by Crippen LogP contribution is 2.32. The predicted octanol–water partition coefficient (Wildman–Crippen LogP) is 3.66. The van der Waals surface area contributed by atoms with Crippen LogP contribution in [0.5, 0.6) is 0 Å². The number of benzene rings is 1. The first kappa shape index (κ1) is 13.5. The molecule has 0 amide bonds. The summed E-state index contributed by atoms with van der Waals surface area (Å²) in [5, 5.41) is 0. The SMILES string of the molecule is CCC1CCC(N)C(Cc2cc(F)cc(F)c2)C1. The lowest BCUT2D eigenvalue weighted by atomic mass is 9.75. The summed E-state index contributed by atoms with van der Waals surface area (Å²) < 4.78 is 26.3. The van der Waals surface area contributed by atoms with Gasteiger partial charge in [0.1, 0.15) is 11.6 Å². The van der Waals surface area contributed by atoms with Crippen LogP contribution in [0.15, 0.2) is 18.2 Å². The van der Waals surface area contributed by atoms with Gasteiger partial charge in [-0.3, -0.25) is 0 Å². The molecule has 3 heteroatoms. The molecule has 1 aromatic carbocycles. The average molecular weight is 253 g/mol. The fourth-order valence-electron chi connectivity index (χ4n) is 3.02. The number of rotatable bonds is 3. The van der Waals surface area contributed by atoms with Gasteiger partial charge in [-0.05, 0) is 55.2 Å². The van der Waals surface area contributed by atoms with Crippen molar-refractivity contribution in [2.24, 2.45) is 17.6 Å². The van der Waals surface area contributed by atoms with Crippen LogP contribution in [-0.4, -0.2) is 6.04 Å². The van der Waals surface area contributed by atoms with Crippen LogP contribution in [0.25, 0.3) is 0 Å². The van der Waals surface area contributed by atoms with Crippen LogP contribution in [0.3, 0.4) is 0 Å². The smallest absolute Gasteiger partial charge is 0.126 e. The molecule has 0 bridgehead atoms. The van der Waals surface area contributed by atoms with Crippen molar-refractivity contribution >= 4 is 0 Å². The van der Waals surface area contributed by atoms with Crippen molar-refractivity contribution in [1.82, 2.24) is 0 Å². The molecule has 0 spiro atoms. The highest BCUT2D eigenvalue weighted by Gasteiger charge is 2.27. The Labute approximate surface area is 107 Å². The van der Waals surface area contributed by atoms with Crippen molar-refractivity contribution in [1.29, 1.82) is 0 Å². The summed E-state index contributed by atoms with van der Waals surface area (Å²) in [6.45, 7) is 2.19. The van der Waals surface area contributed by atoms with Gasteiger partial charge in [0.2, 0.25) is 0 Å². The maximum Gasteiger partial charge on any atom is 0.126 e. The third-order valence-electron chi connectivity index (χ3n) is 4.15. The van der Waals surface area contributed by atoms with E-state index in [0.717, 1.165) is 24.5 Å². The van der Waals surface area contributed by atoms with Crippen molar-refractivity contribution < 1.29 is 8.78 Å². The van der Waals surface area contributed by atoms with E-state index < -0.39 is 11.6 Å². The number of nitrogens with two attached hydrogens (primary N) is 1. The van der Waals surface area contributed by atoms with Gasteiger partial charge in [-0.2, -0.15) is 0 Å². The van der Waals surface area contributed by atoms with Crippen LogP contribution in [0, 0.1) is 23.5 Å². The zero-order valence-corrected chi connectivity index (χ0v) is 10.8. The summed E-state index contributed by atoms with van der Waals surface area (Å²) >= 11 is 0. The molecule has 2 N–H and O–H groups in total. The van der Waals surface area contributed by atoms with Crippen LogP contribution < -0.4 is 5.73 Å². The molecule has 1 saturated carbocycles. The molecule has 3 atom stereocenters. The summed E-state index contributed by atoms with van der Waals surface area (Å²) in [5.41, 5.74) is 6.86. The van der Waals surface area contributed by atoms with Crippen molar-refractivity contribution in [2.45, 2.75) is 45.1 Å². The largest absolute Gasteiger partial charge is 0.327 e. The van der Waals surface area contributed by atoms with Crippen LogP contribution in [-0.2, 0) is 6.42 Å². The van der Waals surface area contributed by atoms with E-state index in [0.29, 0.717) is 18.3 Å². The topological polar surface area (TPSA) is 26.0 Å². The van der Waals surface area contributed by atoms with Gasteiger partial charge in [-0.25, -0.2) is 8.78 Å². The van der Waals surface area contributed by atoms with E-state index in [9.17, 15) is 8.78 Å². The van der Waals surface area contributed by atoms with Gasteiger partial charge in [0.25, 0.3) is 0 Å². The fourth-order valence-corrected chi connectivity index (χ4v) is 3.02. The second-order valence-corrected chi connectivity index (χ2v) is 5.49. The Bertz CT molecular complexity index is 385. The molecule has 0 aromatic heterocycles. The molecule has 1 aromatic rings.